The van der Waals surface area contributed by atoms with E-state index in [1.807, 2.05) is 13.0 Å². The summed E-state index contributed by atoms with van der Waals surface area (Å²) >= 11 is 0. The number of aromatic nitrogens is 3. The van der Waals surface area contributed by atoms with Gasteiger partial charge in [-0.05, 0) is 104 Å². The molecule has 8 aromatic rings. The summed E-state index contributed by atoms with van der Waals surface area (Å²) in [7, 11) is -4.02. The van der Waals surface area contributed by atoms with Crippen molar-refractivity contribution in [3.8, 4) is 45.5 Å². The molecule has 0 saturated carbocycles. The Morgan fingerprint density at radius 1 is 0.659 bits per heavy atom. The van der Waals surface area contributed by atoms with Crippen LogP contribution in [-0.2, 0) is 66.7 Å². The van der Waals surface area contributed by atoms with Crippen LogP contribution in [0, 0.1) is 18.6 Å². The van der Waals surface area contributed by atoms with Gasteiger partial charge in [0, 0.05) is 64.0 Å². The summed E-state index contributed by atoms with van der Waals surface area (Å²) in [6, 6.07) is 27.3. The van der Waals surface area contributed by atoms with Crippen LogP contribution in [-0.4, -0.2) is 74.4 Å². The number of Topliss-reactive ketones (excluding diaryl/α,β-unsaturated/α-hetero) is 1. The van der Waals surface area contributed by atoms with Gasteiger partial charge < -0.3 is 53.5 Å². The van der Waals surface area contributed by atoms with E-state index in [4.69, 9.17) is 43.7 Å². The molecule has 5 N–H and O–H groups in total. The second kappa shape index (κ2) is 21.9. The third-order valence-electron chi connectivity index (χ3n) is 15.4. The van der Waals surface area contributed by atoms with E-state index < -0.39 is 39.1 Å². The van der Waals surface area contributed by atoms with Crippen molar-refractivity contribution in [1.29, 1.82) is 0 Å². The third kappa shape index (κ3) is 10.2. The average Bonchev–Trinajstić information content (AvgIpc) is 2.22. The summed E-state index contributed by atoms with van der Waals surface area (Å²) in [5, 5.41) is 22.3. The molecule has 85 heavy (non-hydrogen) atoms. The highest BCUT2D eigenvalue weighted by atomic mass is 32.2. The molecule has 0 fully saturated rings. The highest BCUT2D eigenvalue weighted by Crippen LogP contribution is 2.47. The first-order chi connectivity index (χ1) is 40.5. The van der Waals surface area contributed by atoms with Gasteiger partial charge >= 0.3 is 11.9 Å². The topological polar surface area (TPSA) is 301 Å². The Kier molecular flexibility index (Phi) is 14.7. The predicted molar refractivity (Wildman–Crippen MR) is 297 cm³/mol. The first-order valence-corrected chi connectivity index (χ1v) is 27.9. The lowest BCUT2D eigenvalue weighted by Gasteiger charge is -2.31. The van der Waals surface area contributed by atoms with Gasteiger partial charge in [-0.15, -0.1) is 0 Å². The molecule has 3 aromatic heterocycles. The average molecular weight is 1180 g/mol. The fraction of sp³-hybridized carbons (Fsp3) is 0.230. The Hall–Kier alpha value is -9.62. The lowest BCUT2D eigenvalue weighted by molar-refractivity contribution is -0.172. The molecule has 5 aromatic carbocycles. The highest BCUT2D eigenvalue weighted by Gasteiger charge is 2.47. The minimum atomic E-state index is -4.02. The summed E-state index contributed by atoms with van der Waals surface area (Å²) in [6.07, 6.45) is 0.428. The number of fused-ring (bicyclic) bond motifs is 9. The number of hydrogen-bond acceptors (Lipinski definition) is 18. The Balaban J connectivity index is 0.000000130. The number of anilines is 1. The van der Waals surface area contributed by atoms with Crippen LogP contribution in [0.3, 0.4) is 0 Å². The van der Waals surface area contributed by atoms with Crippen molar-refractivity contribution in [2.45, 2.75) is 82.4 Å². The molecule has 0 unspecified atom stereocenters. The molecule has 436 valence electrons. The molecule has 0 bridgehead atoms. The summed E-state index contributed by atoms with van der Waals surface area (Å²) in [5.41, 5.74) is 8.60. The van der Waals surface area contributed by atoms with Crippen LogP contribution >= 0.6 is 0 Å². The molecule has 0 aliphatic carbocycles. The maximum atomic E-state index is 13.8. The number of ketones is 2. The molecular formula is C61H50F2N4O17S. The van der Waals surface area contributed by atoms with Gasteiger partial charge in [-0.1, -0.05) is 43.7 Å². The van der Waals surface area contributed by atoms with E-state index in [9.17, 15) is 56.2 Å². The Morgan fingerprint density at radius 3 is 1.74 bits per heavy atom. The number of benzene rings is 5. The number of aliphatic hydroxyl groups is 2. The van der Waals surface area contributed by atoms with Gasteiger partial charge in [0.2, 0.25) is 13.6 Å². The monoisotopic (exact) mass is 1180 g/mol. The number of pyridine rings is 3. The van der Waals surface area contributed by atoms with Crippen molar-refractivity contribution in [2.75, 3.05) is 19.3 Å². The van der Waals surface area contributed by atoms with Gasteiger partial charge in [-0.25, -0.2) is 23.4 Å². The lowest BCUT2D eigenvalue weighted by atomic mass is 9.86. The van der Waals surface area contributed by atoms with Crippen molar-refractivity contribution in [3.05, 3.63) is 192 Å². The van der Waals surface area contributed by atoms with Crippen molar-refractivity contribution >= 4 is 50.2 Å². The number of carbonyl (C=O) groups is 4. The number of nitrogen functional groups attached to an aromatic ring is 1. The lowest BCUT2D eigenvalue weighted by Crippen LogP contribution is -2.44. The van der Waals surface area contributed by atoms with E-state index in [0.29, 0.717) is 63.3 Å². The standard InChI is InChI=1S/C27H19FN2O6.C14H10FNO3.C13H13NO5.C7H8O3S/c1-2-27(33)18-8-20-24-16(10-30(20)25(31)17(18)11-34-26(27)32)23(13-3-5-14(28)6-4-13)15-7-21-22(36-12-35-21)9-19(15)29-24;15-9-3-1-8(2-4-9)14(17)10-5-12-13(6-11(10)16)19-7-18-12;1-2-13(18)8-5-9-10(15)3-4-14(9)11(16)7(8)6-19-12(13)17;1-6-2-4-7(5-3-6)11(8,9)10/h3-9,33H,2,10-12H2,1H3;1-6H,7,16H2;5,18H,2-4,6H2,1H3;2-5H,1H3,(H,8,9,10)/t27-;;13-;/m0.0./s1. The second-order valence-electron chi connectivity index (χ2n) is 20.4. The van der Waals surface area contributed by atoms with Crippen LogP contribution in [0.1, 0.15) is 92.9 Å². The predicted octanol–water partition coefficient (Wildman–Crippen LogP) is 7.31. The number of carbonyl (C=O) groups excluding carboxylic acids is 4. The molecule has 24 heteroatoms. The normalized spacial score (nSPS) is 18.0. The van der Waals surface area contributed by atoms with Crippen LogP contribution in [0.2, 0.25) is 0 Å². The first-order valence-electron chi connectivity index (χ1n) is 26.5. The van der Waals surface area contributed by atoms with Gasteiger partial charge in [0.05, 0.1) is 45.2 Å². The zero-order valence-corrected chi connectivity index (χ0v) is 46.2. The molecule has 9 heterocycles. The van der Waals surface area contributed by atoms with Gasteiger partial charge in [0.25, 0.3) is 21.2 Å². The summed E-state index contributed by atoms with van der Waals surface area (Å²) in [5.74, 6) is -0.565. The Morgan fingerprint density at radius 2 is 1.18 bits per heavy atom. The minimum absolute atomic E-state index is 0.0596. The second-order valence-corrected chi connectivity index (χ2v) is 21.8. The molecule has 2 atom stereocenters. The van der Waals surface area contributed by atoms with Gasteiger partial charge in [-0.3, -0.25) is 23.7 Å². The van der Waals surface area contributed by atoms with Crippen molar-refractivity contribution in [2.24, 2.45) is 0 Å². The Labute approximate surface area is 481 Å². The molecular weight excluding hydrogens is 1130 g/mol. The number of aryl methyl sites for hydroxylation is 1. The molecule has 6 aliphatic heterocycles. The largest absolute Gasteiger partial charge is 0.458 e. The minimum Gasteiger partial charge on any atom is -0.458 e. The summed E-state index contributed by atoms with van der Waals surface area (Å²) in [4.78, 5) is 78.9. The van der Waals surface area contributed by atoms with Crippen LogP contribution in [0.5, 0.6) is 23.0 Å². The first kappa shape index (κ1) is 57.2. The maximum absolute atomic E-state index is 13.8. The molecule has 6 aliphatic rings. The number of hydrogen-bond donors (Lipinski definition) is 4. The number of rotatable bonds is 6. The summed E-state index contributed by atoms with van der Waals surface area (Å²) < 4.78 is 90.7. The van der Waals surface area contributed by atoms with Gasteiger partial charge in [0.1, 0.15) is 24.8 Å². The molecule has 0 radical (unpaired) electrons. The van der Waals surface area contributed by atoms with Gasteiger partial charge in [0.15, 0.2) is 45.8 Å². The molecule has 0 saturated heterocycles. The van der Waals surface area contributed by atoms with E-state index >= 15 is 0 Å². The smallest absolute Gasteiger partial charge is 0.343 e. The zero-order chi connectivity index (χ0) is 60.4. The van der Waals surface area contributed by atoms with Crippen molar-refractivity contribution in [1.82, 2.24) is 14.1 Å². The molecule has 14 rings (SSSR count). The van der Waals surface area contributed by atoms with Crippen LogP contribution in [0.4, 0.5) is 14.5 Å². The third-order valence-corrected chi connectivity index (χ3v) is 16.3. The number of cyclic esters (lactones) is 2. The zero-order valence-electron chi connectivity index (χ0n) is 45.4. The Bertz CT molecular complexity index is 4380. The van der Waals surface area contributed by atoms with Crippen LogP contribution in [0.25, 0.3) is 33.4 Å². The van der Waals surface area contributed by atoms with E-state index in [0.717, 1.165) is 27.6 Å². The highest BCUT2D eigenvalue weighted by molar-refractivity contribution is 7.85. The number of halogens is 2. The molecule has 21 nitrogen and oxygen atoms in total. The number of ether oxygens (including phenoxy) is 6. The number of nitrogens with two attached hydrogens (primary N) is 1. The van der Waals surface area contributed by atoms with Crippen LogP contribution < -0.4 is 35.8 Å². The summed E-state index contributed by atoms with van der Waals surface area (Å²) in [6.45, 7) is 5.57. The maximum Gasteiger partial charge on any atom is 0.343 e. The molecule has 0 amide bonds. The van der Waals surface area contributed by atoms with E-state index in [2.05, 4.69) is 0 Å². The number of nitrogens with zero attached hydrogens (tertiary/aromatic N) is 3. The van der Waals surface area contributed by atoms with E-state index in [1.165, 1.54) is 59.2 Å². The SMILES string of the molecule is CC[C@@]1(O)C(=O)OCc2c1cc1n(c2=O)CCC1=O.CC[C@@]1(O)C(=O)OCc2c1cc1n(c2=O)Cc2c-1nc1cc3c(cc1c2-c1ccc(F)cc1)OCO3.Cc1ccc(S(=O)(=O)O)cc1.Nc1cc2c(cc1C(=O)c1ccc(F)cc1)OCO2. The van der Waals surface area contributed by atoms with Crippen molar-refractivity contribution in [3.63, 3.8) is 0 Å². The van der Waals surface area contributed by atoms with Gasteiger partial charge in [-0.2, -0.15) is 8.42 Å². The molecule has 0 spiro atoms. The van der Waals surface area contributed by atoms with E-state index in [-0.39, 0.29) is 114 Å². The quantitative estimate of drug-likeness (QED) is 0.0549. The van der Waals surface area contributed by atoms with Crippen LogP contribution in [0.15, 0.2) is 124 Å². The van der Waals surface area contributed by atoms with E-state index in [1.54, 1.807) is 66.9 Å². The fourth-order valence-electron chi connectivity index (χ4n) is 10.7. The number of esters is 2. The van der Waals surface area contributed by atoms with Crippen molar-refractivity contribution < 1.29 is 79.6 Å². The fourth-order valence-corrected chi connectivity index (χ4v) is 11.2.